The molecule has 4 rings (SSSR count). The van der Waals surface area contributed by atoms with Crippen molar-refractivity contribution in [1.29, 1.82) is 0 Å². The van der Waals surface area contributed by atoms with E-state index in [4.69, 9.17) is 9.84 Å². The Morgan fingerprint density at radius 3 is 3.05 bits per heavy atom. The first-order valence-electron chi connectivity index (χ1n) is 7.09. The standard InChI is InChI=1S/C16H14FN3O2/c17-13-5-16-19-14-3-4-22-9-15(14)20(16)7-12(13)10-1-2-11(8-21)18-6-10/h1-2,5-7,21H,3-4,8-9H2. The zero-order valence-corrected chi connectivity index (χ0v) is 11.8. The van der Waals surface area contributed by atoms with Gasteiger partial charge in [-0.05, 0) is 6.07 Å². The Morgan fingerprint density at radius 2 is 2.27 bits per heavy atom. The molecule has 0 aliphatic carbocycles. The van der Waals surface area contributed by atoms with Crippen molar-refractivity contribution in [2.24, 2.45) is 0 Å². The molecule has 0 aromatic carbocycles. The highest BCUT2D eigenvalue weighted by Gasteiger charge is 2.18. The summed E-state index contributed by atoms with van der Waals surface area (Å²) in [6, 6.07) is 4.88. The van der Waals surface area contributed by atoms with Gasteiger partial charge in [-0.15, -0.1) is 0 Å². The van der Waals surface area contributed by atoms with E-state index in [2.05, 4.69) is 9.97 Å². The minimum Gasteiger partial charge on any atom is -0.390 e. The Bertz CT molecular complexity index is 843. The van der Waals surface area contributed by atoms with Crippen molar-refractivity contribution in [3.05, 3.63) is 53.5 Å². The monoisotopic (exact) mass is 299 g/mol. The van der Waals surface area contributed by atoms with Crippen molar-refractivity contribution in [2.45, 2.75) is 19.6 Å². The van der Waals surface area contributed by atoms with Crippen molar-refractivity contribution >= 4 is 5.65 Å². The minimum absolute atomic E-state index is 0.131. The van der Waals surface area contributed by atoms with Crippen LogP contribution < -0.4 is 0 Å². The van der Waals surface area contributed by atoms with E-state index in [1.54, 1.807) is 24.5 Å². The van der Waals surface area contributed by atoms with E-state index < -0.39 is 0 Å². The van der Waals surface area contributed by atoms with Gasteiger partial charge in [0.25, 0.3) is 0 Å². The molecule has 3 aromatic heterocycles. The van der Waals surface area contributed by atoms with E-state index in [9.17, 15) is 4.39 Å². The van der Waals surface area contributed by atoms with Gasteiger partial charge < -0.3 is 14.2 Å². The van der Waals surface area contributed by atoms with Crippen LogP contribution in [0.25, 0.3) is 16.8 Å². The molecule has 0 saturated carbocycles. The summed E-state index contributed by atoms with van der Waals surface area (Å²) in [5.41, 5.74) is 4.21. The molecule has 0 bridgehead atoms. The lowest BCUT2D eigenvalue weighted by Gasteiger charge is -2.12. The van der Waals surface area contributed by atoms with Crippen LogP contribution in [-0.2, 0) is 24.4 Å². The molecular weight excluding hydrogens is 285 g/mol. The van der Waals surface area contributed by atoms with E-state index in [0.29, 0.717) is 35.7 Å². The molecule has 6 heteroatoms. The van der Waals surface area contributed by atoms with E-state index in [1.165, 1.54) is 6.07 Å². The molecule has 112 valence electrons. The lowest BCUT2D eigenvalue weighted by Crippen LogP contribution is -2.10. The number of aliphatic hydroxyl groups is 1. The average molecular weight is 299 g/mol. The van der Waals surface area contributed by atoms with Gasteiger partial charge in [0, 0.05) is 36.0 Å². The minimum atomic E-state index is -0.339. The van der Waals surface area contributed by atoms with Crippen molar-refractivity contribution < 1.29 is 14.2 Å². The molecule has 22 heavy (non-hydrogen) atoms. The molecule has 0 fully saturated rings. The molecule has 0 unspecified atom stereocenters. The van der Waals surface area contributed by atoms with Crippen molar-refractivity contribution in [3.8, 4) is 11.1 Å². The van der Waals surface area contributed by atoms with Crippen LogP contribution in [0.15, 0.2) is 30.6 Å². The van der Waals surface area contributed by atoms with Gasteiger partial charge in [-0.2, -0.15) is 0 Å². The van der Waals surface area contributed by atoms with Crippen molar-refractivity contribution in [2.75, 3.05) is 6.61 Å². The second-order valence-electron chi connectivity index (χ2n) is 5.27. The number of ether oxygens (including phenoxy) is 1. The third-order valence-electron chi connectivity index (χ3n) is 3.91. The third-order valence-corrected chi connectivity index (χ3v) is 3.91. The Kier molecular flexibility index (Phi) is 3.13. The van der Waals surface area contributed by atoms with Gasteiger partial charge in [-0.25, -0.2) is 9.37 Å². The van der Waals surface area contributed by atoms with Gasteiger partial charge >= 0.3 is 0 Å². The number of aliphatic hydroxyl groups excluding tert-OH is 1. The molecule has 0 amide bonds. The number of rotatable bonds is 2. The first-order chi connectivity index (χ1) is 10.8. The van der Waals surface area contributed by atoms with Gasteiger partial charge in [0.1, 0.15) is 11.5 Å². The summed E-state index contributed by atoms with van der Waals surface area (Å²) >= 11 is 0. The van der Waals surface area contributed by atoms with Gasteiger partial charge in [0.2, 0.25) is 0 Å². The highest BCUT2D eigenvalue weighted by atomic mass is 19.1. The molecule has 1 aliphatic rings. The summed E-state index contributed by atoms with van der Waals surface area (Å²) < 4.78 is 21.7. The number of halogens is 1. The van der Waals surface area contributed by atoms with Gasteiger partial charge in [0.05, 0.1) is 36.9 Å². The number of nitrogens with zero attached hydrogens (tertiary/aromatic N) is 3. The first kappa shape index (κ1) is 13.4. The fraction of sp³-hybridized carbons (Fsp3) is 0.250. The molecule has 1 aliphatic heterocycles. The Hall–Kier alpha value is -2.31. The fourth-order valence-electron chi connectivity index (χ4n) is 2.74. The summed E-state index contributed by atoms with van der Waals surface area (Å²) in [6.45, 7) is 1.01. The molecule has 5 nitrogen and oxygen atoms in total. The summed E-state index contributed by atoms with van der Waals surface area (Å²) in [7, 11) is 0. The van der Waals surface area contributed by atoms with Crippen LogP contribution in [-0.4, -0.2) is 26.1 Å². The number of fused-ring (bicyclic) bond motifs is 3. The first-order valence-corrected chi connectivity index (χ1v) is 7.09. The summed E-state index contributed by atoms with van der Waals surface area (Å²) in [4.78, 5) is 8.57. The molecule has 0 radical (unpaired) electrons. The lowest BCUT2D eigenvalue weighted by molar-refractivity contribution is 0.106. The van der Waals surface area contributed by atoms with Crippen LogP contribution in [0.5, 0.6) is 0 Å². The maximum atomic E-state index is 14.4. The molecular formula is C16H14FN3O2. The number of hydrogen-bond acceptors (Lipinski definition) is 4. The van der Waals surface area contributed by atoms with Gasteiger partial charge in [0.15, 0.2) is 0 Å². The van der Waals surface area contributed by atoms with Crippen molar-refractivity contribution in [1.82, 2.24) is 14.4 Å². The number of hydrogen-bond donors (Lipinski definition) is 1. The predicted molar refractivity (Wildman–Crippen MR) is 77.7 cm³/mol. The predicted octanol–water partition coefficient (Wildman–Crippen LogP) is 2.10. The number of imidazole rings is 1. The van der Waals surface area contributed by atoms with Crippen LogP contribution >= 0.6 is 0 Å². The van der Waals surface area contributed by atoms with Gasteiger partial charge in [-0.1, -0.05) is 6.07 Å². The maximum absolute atomic E-state index is 14.4. The van der Waals surface area contributed by atoms with Crippen LogP contribution in [0.1, 0.15) is 17.1 Å². The summed E-state index contributed by atoms with van der Waals surface area (Å²) in [5.74, 6) is -0.339. The third kappa shape index (κ3) is 2.08. The van der Waals surface area contributed by atoms with E-state index in [-0.39, 0.29) is 12.4 Å². The molecule has 1 N–H and O–H groups in total. The fourth-order valence-corrected chi connectivity index (χ4v) is 2.74. The second-order valence-corrected chi connectivity index (χ2v) is 5.27. The highest BCUT2D eigenvalue weighted by Crippen LogP contribution is 2.26. The Labute approximate surface area is 126 Å². The maximum Gasteiger partial charge on any atom is 0.140 e. The molecule has 0 saturated heterocycles. The van der Waals surface area contributed by atoms with Gasteiger partial charge in [-0.3, -0.25) is 4.98 Å². The largest absolute Gasteiger partial charge is 0.390 e. The second kappa shape index (κ2) is 5.15. The van der Waals surface area contributed by atoms with Crippen molar-refractivity contribution in [3.63, 3.8) is 0 Å². The average Bonchev–Trinajstić information content (AvgIpc) is 2.91. The highest BCUT2D eigenvalue weighted by molar-refractivity contribution is 5.65. The van der Waals surface area contributed by atoms with Crippen LogP contribution in [0.3, 0.4) is 0 Å². The van der Waals surface area contributed by atoms with E-state index >= 15 is 0 Å². The summed E-state index contributed by atoms with van der Waals surface area (Å²) in [5, 5.41) is 9.04. The zero-order chi connectivity index (χ0) is 15.1. The summed E-state index contributed by atoms with van der Waals surface area (Å²) in [6.07, 6.45) is 4.05. The smallest absolute Gasteiger partial charge is 0.140 e. The van der Waals surface area contributed by atoms with Crippen LogP contribution in [0, 0.1) is 5.82 Å². The molecule has 4 heterocycles. The molecule has 0 atom stereocenters. The van der Waals surface area contributed by atoms with Crippen LogP contribution in [0.2, 0.25) is 0 Å². The van der Waals surface area contributed by atoms with E-state index in [1.807, 2.05) is 4.40 Å². The number of aromatic nitrogens is 3. The Balaban J connectivity index is 1.87. The molecule has 0 spiro atoms. The Morgan fingerprint density at radius 1 is 1.36 bits per heavy atom. The molecule has 3 aromatic rings. The topological polar surface area (TPSA) is 59.7 Å². The SMILES string of the molecule is OCc1ccc(-c2cn3c4c(nc3cc2F)CCOC4)cn1. The quantitative estimate of drug-likeness (QED) is 0.787. The van der Waals surface area contributed by atoms with Crippen LogP contribution in [0.4, 0.5) is 4.39 Å². The normalized spacial score (nSPS) is 14.3. The number of pyridine rings is 2. The lowest BCUT2D eigenvalue weighted by atomic mass is 10.1. The zero-order valence-electron chi connectivity index (χ0n) is 11.8. The van der Waals surface area contributed by atoms with E-state index in [0.717, 1.165) is 17.8 Å².